The van der Waals surface area contributed by atoms with Crippen LogP contribution in [0, 0.1) is 17.8 Å². The van der Waals surface area contributed by atoms with Gasteiger partial charge in [-0.3, -0.25) is 14.4 Å². The molecule has 9 heteroatoms. The fraction of sp³-hybridized carbons (Fsp3) is 0.824. The average Bonchev–Trinajstić information content (AvgIpc) is 2.59. The lowest BCUT2D eigenvalue weighted by Gasteiger charge is -2.25. The van der Waals surface area contributed by atoms with Gasteiger partial charge in [-0.2, -0.15) is 0 Å². The van der Waals surface area contributed by atoms with E-state index in [2.05, 4.69) is 10.0 Å². The summed E-state index contributed by atoms with van der Waals surface area (Å²) in [4.78, 5) is 40.2. The lowest BCUT2D eigenvalue weighted by atomic mass is 9.84. The summed E-state index contributed by atoms with van der Waals surface area (Å²) in [6.07, 6.45) is 0.0486. The van der Waals surface area contributed by atoms with Gasteiger partial charge >= 0.3 is 5.97 Å². The van der Waals surface area contributed by atoms with E-state index in [0.717, 1.165) is 0 Å². The van der Waals surface area contributed by atoms with Crippen LogP contribution in [0.1, 0.15) is 40.0 Å². The van der Waals surface area contributed by atoms with Crippen molar-refractivity contribution in [2.45, 2.75) is 46.1 Å². The van der Waals surface area contributed by atoms with Gasteiger partial charge in [-0.05, 0) is 31.7 Å². The van der Waals surface area contributed by atoms with Crippen molar-refractivity contribution >= 4 is 17.7 Å². The van der Waals surface area contributed by atoms with Gasteiger partial charge in [0.05, 0.1) is 18.6 Å². The molecule has 0 bridgehead atoms. The molecule has 0 spiro atoms. The van der Waals surface area contributed by atoms with Crippen LogP contribution in [-0.4, -0.2) is 61.0 Å². The zero-order chi connectivity index (χ0) is 20.3. The van der Waals surface area contributed by atoms with Crippen molar-refractivity contribution in [3.05, 3.63) is 10.4 Å². The molecule has 1 amide bonds. The second-order valence-corrected chi connectivity index (χ2v) is 6.72. The zero-order valence-electron chi connectivity index (χ0n) is 16.2. The largest absolute Gasteiger partial charge is 0.463 e. The van der Waals surface area contributed by atoms with E-state index < -0.39 is 23.9 Å². The number of aliphatic hydroxyl groups is 1. The van der Waals surface area contributed by atoms with Crippen molar-refractivity contribution < 1.29 is 24.2 Å². The van der Waals surface area contributed by atoms with Crippen molar-refractivity contribution in [3.8, 4) is 0 Å². The van der Waals surface area contributed by atoms with E-state index in [9.17, 15) is 19.5 Å². The molecule has 0 fully saturated rings. The standard InChI is InChI=1S/C17H30N4O5/c1-6-13(17(25)26-10-15(23)9-19-20-18)8-14(16(24)21(4)5)7-11(2)12(3)22/h11,13-15,23H,6-10H2,1-5H3. The number of nitrogens with zero attached hydrogens (tertiary/aromatic N) is 4. The Morgan fingerprint density at radius 3 is 2.31 bits per heavy atom. The van der Waals surface area contributed by atoms with Crippen molar-refractivity contribution in [3.63, 3.8) is 0 Å². The number of azide groups is 1. The summed E-state index contributed by atoms with van der Waals surface area (Å²) in [5.74, 6) is -1.90. The number of Topliss-reactive ketones (excluding diaryl/α,β-unsaturated/α-hetero) is 1. The summed E-state index contributed by atoms with van der Waals surface area (Å²) >= 11 is 0. The molecule has 0 saturated carbocycles. The monoisotopic (exact) mass is 370 g/mol. The third-order valence-corrected chi connectivity index (χ3v) is 4.29. The summed E-state index contributed by atoms with van der Waals surface area (Å²) in [7, 11) is 3.28. The van der Waals surface area contributed by atoms with Gasteiger partial charge in [0.25, 0.3) is 0 Å². The van der Waals surface area contributed by atoms with Gasteiger partial charge in [-0.15, -0.1) is 0 Å². The molecule has 0 heterocycles. The zero-order valence-corrected chi connectivity index (χ0v) is 16.2. The van der Waals surface area contributed by atoms with Crippen LogP contribution in [0.15, 0.2) is 5.11 Å². The first-order chi connectivity index (χ1) is 12.1. The highest BCUT2D eigenvalue weighted by Gasteiger charge is 2.30. The first-order valence-corrected chi connectivity index (χ1v) is 8.71. The minimum atomic E-state index is -1.07. The van der Waals surface area contributed by atoms with Gasteiger partial charge in [0.15, 0.2) is 0 Å². The van der Waals surface area contributed by atoms with Crippen molar-refractivity contribution in [1.29, 1.82) is 0 Å². The normalized spacial score (nSPS) is 15.2. The third kappa shape index (κ3) is 8.82. The minimum Gasteiger partial charge on any atom is -0.463 e. The molecule has 0 aromatic rings. The second kappa shape index (κ2) is 12.3. The maximum atomic E-state index is 12.4. The van der Waals surface area contributed by atoms with Gasteiger partial charge in [-0.25, -0.2) is 0 Å². The molecule has 26 heavy (non-hydrogen) atoms. The van der Waals surface area contributed by atoms with Gasteiger partial charge in [0.2, 0.25) is 5.91 Å². The number of aliphatic hydroxyl groups excluding tert-OH is 1. The number of ether oxygens (including phenoxy) is 1. The maximum Gasteiger partial charge on any atom is 0.309 e. The summed E-state index contributed by atoms with van der Waals surface area (Å²) < 4.78 is 5.08. The maximum absolute atomic E-state index is 12.4. The summed E-state index contributed by atoms with van der Waals surface area (Å²) in [5, 5.41) is 12.8. The highest BCUT2D eigenvalue weighted by molar-refractivity contribution is 5.82. The Balaban J connectivity index is 4.94. The highest BCUT2D eigenvalue weighted by atomic mass is 16.5. The molecule has 148 valence electrons. The Bertz CT molecular complexity index is 531. The number of ketones is 1. The van der Waals surface area contributed by atoms with E-state index in [0.29, 0.717) is 12.8 Å². The number of carbonyl (C=O) groups excluding carboxylic acids is 3. The van der Waals surface area contributed by atoms with Crippen LogP contribution in [0.3, 0.4) is 0 Å². The first kappa shape index (κ1) is 23.9. The van der Waals surface area contributed by atoms with Gasteiger partial charge in [-0.1, -0.05) is 19.0 Å². The van der Waals surface area contributed by atoms with Crippen LogP contribution in [0.5, 0.6) is 0 Å². The van der Waals surface area contributed by atoms with E-state index in [1.807, 2.05) is 6.92 Å². The fourth-order valence-corrected chi connectivity index (χ4v) is 2.51. The molecule has 0 aliphatic carbocycles. The predicted molar refractivity (Wildman–Crippen MR) is 96.0 cm³/mol. The molecular weight excluding hydrogens is 340 g/mol. The number of carbonyl (C=O) groups is 3. The summed E-state index contributed by atoms with van der Waals surface area (Å²) in [5.41, 5.74) is 8.21. The smallest absolute Gasteiger partial charge is 0.309 e. The summed E-state index contributed by atoms with van der Waals surface area (Å²) in [6.45, 7) is 4.61. The second-order valence-electron chi connectivity index (χ2n) is 6.72. The Morgan fingerprint density at radius 2 is 1.85 bits per heavy atom. The van der Waals surface area contributed by atoms with Crippen molar-refractivity contribution in [2.24, 2.45) is 22.9 Å². The minimum absolute atomic E-state index is 0.00153. The average molecular weight is 370 g/mol. The Kier molecular flexibility index (Phi) is 11.3. The highest BCUT2D eigenvalue weighted by Crippen LogP contribution is 2.25. The summed E-state index contributed by atoms with van der Waals surface area (Å²) in [6, 6.07) is 0. The van der Waals surface area contributed by atoms with Gasteiger partial charge < -0.3 is 14.7 Å². The lowest BCUT2D eigenvalue weighted by molar-refractivity contribution is -0.152. The molecule has 0 aromatic heterocycles. The van der Waals surface area contributed by atoms with Crippen LogP contribution in [0.25, 0.3) is 10.4 Å². The van der Waals surface area contributed by atoms with Crippen LogP contribution >= 0.6 is 0 Å². The SMILES string of the molecule is CCC(CC(CC(C)C(C)=O)C(=O)N(C)C)C(=O)OCC(O)CN=[N+]=[N-]. The number of hydrogen-bond donors (Lipinski definition) is 1. The Morgan fingerprint density at radius 1 is 1.23 bits per heavy atom. The molecule has 0 aromatic carbocycles. The van der Waals surface area contributed by atoms with Gasteiger partial charge in [0.1, 0.15) is 12.4 Å². The Hall–Kier alpha value is -2.12. The molecule has 9 nitrogen and oxygen atoms in total. The number of esters is 1. The topological polar surface area (TPSA) is 133 Å². The first-order valence-electron chi connectivity index (χ1n) is 8.71. The Labute approximate surface area is 154 Å². The lowest BCUT2D eigenvalue weighted by Crippen LogP contribution is -2.34. The quantitative estimate of drug-likeness (QED) is 0.242. The third-order valence-electron chi connectivity index (χ3n) is 4.29. The molecule has 4 unspecified atom stereocenters. The van der Waals surface area contributed by atoms with E-state index in [1.54, 1.807) is 21.0 Å². The van der Waals surface area contributed by atoms with Crippen LogP contribution < -0.4 is 0 Å². The van der Waals surface area contributed by atoms with Crippen LogP contribution in [-0.2, 0) is 19.1 Å². The molecule has 4 atom stereocenters. The number of rotatable bonds is 12. The molecule has 0 saturated heterocycles. The fourth-order valence-electron chi connectivity index (χ4n) is 2.51. The molecule has 1 N–H and O–H groups in total. The molecular formula is C17H30N4O5. The molecule has 0 aliphatic heterocycles. The number of hydrogen-bond acceptors (Lipinski definition) is 6. The van der Waals surface area contributed by atoms with E-state index in [4.69, 9.17) is 10.3 Å². The van der Waals surface area contributed by atoms with Crippen LogP contribution in [0.2, 0.25) is 0 Å². The molecule has 0 radical (unpaired) electrons. The van der Waals surface area contributed by atoms with Gasteiger partial charge in [0, 0.05) is 30.8 Å². The molecule has 0 rings (SSSR count). The van der Waals surface area contributed by atoms with E-state index >= 15 is 0 Å². The van der Waals surface area contributed by atoms with E-state index in [1.165, 1.54) is 11.8 Å². The number of amides is 1. The van der Waals surface area contributed by atoms with Crippen molar-refractivity contribution in [2.75, 3.05) is 27.2 Å². The van der Waals surface area contributed by atoms with E-state index in [-0.39, 0.29) is 37.2 Å². The molecule has 0 aliphatic rings. The van der Waals surface area contributed by atoms with Crippen LogP contribution in [0.4, 0.5) is 0 Å². The van der Waals surface area contributed by atoms with Crippen molar-refractivity contribution in [1.82, 2.24) is 4.90 Å². The predicted octanol–water partition coefficient (Wildman–Crippen LogP) is 1.94.